The van der Waals surface area contributed by atoms with Gasteiger partial charge in [-0.2, -0.15) is 0 Å². The van der Waals surface area contributed by atoms with Gasteiger partial charge in [-0.25, -0.2) is 13.6 Å². The molecule has 1 unspecified atom stereocenters. The number of carbonyl (C=O) groups is 1. The number of hydrogen-bond acceptors (Lipinski definition) is 5. The highest BCUT2D eigenvalue weighted by Crippen LogP contribution is 2.37. The minimum atomic E-state index is -3.77. The molecule has 0 aliphatic heterocycles. The highest BCUT2D eigenvalue weighted by atomic mass is 35.5. The number of amides is 1. The summed E-state index contributed by atoms with van der Waals surface area (Å²) in [7, 11) is -0.643. The van der Waals surface area contributed by atoms with Crippen molar-refractivity contribution in [3.8, 4) is 11.5 Å². The van der Waals surface area contributed by atoms with E-state index in [-0.39, 0.29) is 21.9 Å². The Morgan fingerprint density at radius 3 is 2.36 bits per heavy atom. The number of nitrogens with two attached hydrogens (primary N) is 1. The molecule has 0 saturated heterocycles. The molecule has 9 heteroatoms. The number of primary sulfonamides is 1. The standard InChI is InChI=1S/C19H23ClN2O5S/c1-5-27-18-16(20)10-14(11-17(18)26-4)19(23)22(3)12(2)13-6-8-15(9-7-13)28(21,24)25/h6-12H,5H2,1-4H3,(H2,21,24,25). The van der Waals surface area contributed by atoms with Crippen LogP contribution >= 0.6 is 11.6 Å². The number of nitrogens with zero attached hydrogens (tertiary/aromatic N) is 1. The van der Waals surface area contributed by atoms with Crippen molar-refractivity contribution in [2.45, 2.75) is 24.8 Å². The maximum absolute atomic E-state index is 12.9. The van der Waals surface area contributed by atoms with Crippen molar-refractivity contribution >= 4 is 27.5 Å². The van der Waals surface area contributed by atoms with Crippen LogP contribution in [0.3, 0.4) is 0 Å². The van der Waals surface area contributed by atoms with Gasteiger partial charge in [0.15, 0.2) is 11.5 Å². The van der Waals surface area contributed by atoms with E-state index in [0.717, 1.165) is 5.56 Å². The number of halogens is 1. The lowest BCUT2D eigenvalue weighted by Gasteiger charge is -2.26. The fourth-order valence-corrected chi connectivity index (χ4v) is 3.45. The predicted octanol–water partition coefficient (Wildman–Crippen LogP) is 3.23. The van der Waals surface area contributed by atoms with Crippen molar-refractivity contribution in [1.82, 2.24) is 4.90 Å². The predicted molar refractivity (Wildman–Crippen MR) is 107 cm³/mol. The van der Waals surface area contributed by atoms with Gasteiger partial charge in [0.25, 0.3) is 5.91 Å². The minimum absolute atomic E-state index is 0.0143. The summed E-state index contributed by atoms with van der Waals surface area (Å²) in [6.45, 7) is 4.07. The first kappa shape index (κ1) is 22.0. The second kappa shape index (κ2) is 8.81. The van der Waals surface area contributed by atoms with Crippen LogP contribution in [0.25, 0.3) is 0 Å². The average molecular weight is 427 g/mol. The maximum Gasteiger partial charge on any atom is 0.254 e. The van der Waals surface area contributed by atoms with Crippen molar-refractivity contribution < 1.29 is 22.7 Å². The van der Waals surface area contributed by atoms with Gasteiger partial charge in [0.1, 0.15) is 0 Å². The molecule has 0 aliphatic carbocycles. The number of hydrogen-bond donors (Lipinski definition) is 1. The summed E-state index contributed by atoms with van der Waals surface area (Å²) in [4.78, 5) is 14.5. The molecular formula is C19H23ClN2O5S. The summed E-state index contributed by atoms with van der Waals surface area (Å²) < 4.78 is 33.5. The van der Waals surface area contributed by atoms with E-state index in [4.69, 9.17) is 26.2 Å². The van der Waals surface area contributed by atoms with Crippen LogP contribution in [0.5, 0.6) is 11.5 Å². The fourth-order valence-electron chi connectivity index (χ4n) is 2.67. The SMILES string of the molecule is CCOc1c(Cl)cc(C(=O)N(C)C(C)c2ccc(S(N)(=O)=O)cc2)cc1OC. The van der Waals surface area contributed by atoms with Crippen LogP contribution in [-0.4, -0.2) is 40.0 Å². The number of rotatable bonds is 7. The third kappa shape index (κ3) is 4.76. The Bertz CT molecular complexity index is 961. The Hall–Kier alpha value is -2.29. The molecule has 2 aromatic rings. The minimum Gasteiger partial charge on any atom is -0.493 e. The number of ether oxygens (including phenoxy) is 2. The van der Waals surface area contributed by atoms with Crippen LogP contribution in [-0.2, 0) is 10.0 Å². The molecule has 0 saturated carbocycles. The first-order valence-corrected chi connectivity index (χ1v) is 10.4. The van der Waals surface area contributed by atoms with Gasteiger partial charge in [-0.1, -0.05) is 23.7 Å². The maximum atomic E-state index is 12.9. The van der Waals surface area contributed by atoms with E-state index in [1.165, 1.54) is 30.2 Å². The van der Waals surface area contributed by atoms with E-state index in [0.29, 0.717) is 23.7 Å². The summed E-state index contributed by atoms with van der Waals surface area (Å²) in [5.74, 6) is 0.486. The molecule has 1 atom stereocenters. The van der Waals surface area contributed by atoms with Crippen molar-refractivity contribution in [3.05, 3.63) is 52.5 Å². The van der Waals surface area contributed by atoms with Crippen molar-refractivity contribution in [2.75, 3.05) is 20.8 Å². The van der Waals surface area contributed by atoms with Gasteiger partial charge in [-0.15, -0.1) is 0 Å². The lowest BCUT2D eigenvalue weighted by atomic mass is 10.1. The molecule has 0 bridgehead atoms. The van der Waals surface area contributed by atoms with Crippen LogP contribution in [0.15, 0.2) is 41.3 Å². The van der Waals surface area contributed by atoms with Crippen LogP contribution < -0.4 is 14.6 Å². The Balaban J connectivity index is 2.29. The zero-order valence-corrected chi connectivity index (χ0v) is 17.7. The lowest BCUT2D eigenvalue weighted by Crippen LogP contribution is -2.29. The largest absolute Gasteiger partial charge is 0.493 e. The first-order valence-electron chi connectivity index (χ1n) is 8.50. The van der Waals surface area contributed by atoms with E-state index >= 15 is 0 Å². The van der Waals surface area contributed by atoms with E-state index in [1.54, 1.807) is 25.2 Å². The number of benzene rings is 2. The van der Waals surface area contributed by atoms with Crippen LogP contribution in [0.2, 0.25) is 5.02 Å². The Kier molecular flexibility index (Phi) is 6.92. The van der Waals surface area contributed by atoms with Crippen molar-refractivity contribution in [1.29, 1.82) is 0 Å². The van der Waals surface area contributed by atoms with E-state index in [2.05, 4.69) is 0 Å². The summed E-state index contributed by atoms with van der Waals surface area (Å²) in [6.07, 6.45) is 0. The molecule has 0 radical (unpaired) electrons. The van der Waals surface area contributed by atoms with Gasteiger partial charge < -0.3 is 14.4 Å². The lowest BCUT2D eigenvalue weighted by molar-refractivity contribution is 0.0742. The normalized spacial score (nSPS) is 12.4. The topological polar surface area (TPSA) is 98.9 Å². The van der Waals surface area contributed by atoms with Crippen molar-refractivity contribution in [3.63, 3.8) is 0 Å². The van der Waals surface area contributed by atoms with Crippen LogP contribution in [0, 0.1) is 0 Å². The molecule has 28 heavy (non-hydrogen) atoms. The molecule has 1 amide bonds. The molecule has 0 aliphatic rings. The third-order valence-electron chi connectivity index (χ3n) is 4.36. The zero-order chi connectivity index (χ0) is 21.1. The third-order valence-corrected chi connectivity index (χ3v) is 5.57. The first-order chi connectivity index (χ1) is 13.1. The van der Waals surface area contributed by atoms with Gasteiger partial charge in [0.05, 0.1) is 29.7 Å². The van der Waals surface area contributed by atoms with Gasteiger partial charge in [-0.3, -0.25) is 4.79 Å². The highest BCUT2D eigenvalue weighted by molar-refractivity contribution is 7.89. The van der Waals surface area contributed by atoms with E-state index < -0.39 is 10.0 Å². The summed E-state index contributed by atoms with van der Waals surface area (Å²) in [6, 6.07) is 8.86. The molecule has 0 aromatic heterocycles. The summed E-state index contributed by atoms with van der Waals surface area (Å²) in [5, 5.41) is 5.40. The van der Waals surface area contributed by atoms with E-state index in [9.17, 15) is 13.2 Å². The molecule has 0 spiro atoms. The van der Waals surface area contributed by atoms with Crippen LogP contribution in [0.1, 0.15) is 35.8 Å². The van der Waals surface area contributed by atoms with E-state index in [1.807, 2.05) is 13.8 Å². The smallest absolute Gasteiger partial charge is 0.254 e. The molecule has 0 heterocycles. The van der Waals surface area contributed by atoms with Gasteiger partial charge >= 0.3 is 0 Å². The van der Waals surface area contributed by atoms with Crippen LogP contribution in [0.4, 0.5) is 0 Å². The Labute approximate surface area is 170 Å². The summed E-state index contributed by atoms with van der Waals surface area (Å²) in [5.41, 5.74) is 1.10. The average Bonchev–Trinajstić information content (AvgIpc) is 2.67. The molecule has 2 N–H and O–H groups in total. The molecule has 152 valence electrons. The second-order valence-electron chi connectivity index (χ2n) is 6.13. The van der Waals surface area contributed by atoms with Gasteiger partial charge in [0, 0.05) is 12.6 Å². The second-order valence-corrected chi connectivity index (χ2v) is 8.10. The van der Waals surface area contributed by atoms with Crippen molar-refractivity contribution in [2.24, 2.45) is 5.14 Å². The monoisotopic (exact) mass is 426 g/mol. The molecular weight excluding hydrogens is 404 g/mol. The number of sulfonamides is 1. The highest BCUT2D eigenvalue weighted by Gasteiger charge is 2.22. The Morgan fingerprint density at radius 1 is 1.25 bits per heavy atom. The number of carbonyl (C=O) groups excluding carboxylic acids is 1. The Morgan fingerprint density at radius 2 is 1.86 bits per heavy atom. The quantitative estimate of drug-likeness (QED) is 0.732. The zero-order valence-electron chi connectivity index (χ0n) is 16.1. The summed E-state index contributed by atoms with van der Waals surface area (Å²) >= 11 is 6.25. The fraction of sp³-hybridized carbons (Fsp3) is 0.316. The number of methoxy groups -OCH3 is 1. The molecule has 0 fully saturated rings. The molecule has 7 nitrogen and oxygen atoms in total. The molecule has 2 aromatic carbocycles. The van der Waals surface area contributed by atoms with Gasteiger partial charge in [-0.05, 0) is 43.7 Å². The molecule has 2 rings (SSSR count). The van der Waals surface area contributed by atoms with Gasteiger partial charge in [0.2, 0.25) is 10.0 Å².